The molecule has 0 bridgehead atoms. The highest BCUT2D eigenvalue weighted by Crippen LogP contribution is 2.17. The van der Waals surface area contributed by atoms with Crippen LogP contribution in [0.15, 0.2) is 60.8 Å². The van der Waals surface area contributed by atoms with Gasteiger partial charge in [-0.3, -0.25) is 0 Å². The minimum atomic E-state index is -0.252. The van der Waals surface area contributed by atoms with Gasteiger partial charge in [-0.1, -0.05) is 77.7 Å². The van der Waals surface area contributed by atoms with E-state index in [1.807, 2.05) is 41.4 Å². The van der Waals surface area contributed by atoms with Crippen LogP contribution < -0.4 is 5.32 Å². The fourth-order valence-corrected chi connectivity index (χ4v) is 4.62. The molecule has 2 heterocycles. The quantitative estimate of drug-likeness (QED) is 0.540. The summed E-state index contributed by atoms with van der Waals surface area (Å²) in [5.74, 6) is 0.339. The molecule has 0 unspecified atom stereocenters. The zero-order valence-corrected chi connectivity index (χ0v) is 19.7. The Kier molecular flexibility index (Phi) is 7.90. The van der Waals surface area contributed by atoms with Crippen molar-refractivity contribution in [3.63, 3.8) is 0 Å². The third-order valence-electron chi connectivity index (χ3n) is 5.33. The molecule has 33 heavy (non-hydrogen) atoms. The van der Waals surface area contributed by atoms with E-state index >= 15 is 0 Å². The highest BCUT2D eigenvalue weighted by molar-refractivity contribution is 8.22. The Bertz CT molecular complexity index is 1090. The number of carbonyl (C=O) groups is 1. The van der Waals surface area contributed by atoms with Crippen molar-refractivity contribution in [3.05, 3.63) is 83.4 Å². The molecule has 1 N–H and O–H groups in total. The molecule has 10 heteroatoms. The molecule has 1 aliphatic heterocycles. The van der Waals surface area contributed by atoms with E-state index in [2.05, 4.69) is 20.5 Å². The molecular weight excluding hydrogens is 459 g/mol. The van der Waals surface area contributed by atoms with Gasteiger partial charge in [0.25, 0.3) is 0 Å². The number of hydrogen-bond donors (Lipinski definition) is 1. The lowest BCUT2D eigenvalue weighted by atomic mass is 10.2. The molecule has 1 aromatic heterocycles. The van der Waals surface area contributed by atoms with Gasteiger partial charge in [0.15, 0.2) is 0 Å². The summed E-state index contributed by atoms with van der Waals surface area (Å²) in [5.41, 5.74) is 2.44. The number of amides is 2. The molecule has 0 atom stereocenters. The minimum Gasteiger partial charge on any atom is -0.354 e. The van der Waals surface area contributed by atoms with Crippen molar-refractivity contribution in [2.45, 2.75) is 18.8 Å². The number of carbonyl (C=O) groups excluding carboxylic acids is 1. The zero-order chi connectivity index (χ0) is 23.0. The largest absolute Gasteiger partial charge is 0.354 e. The van der Waals surface area contributed by atoms with Gasteiger partial charge in [-0.15, -0.1) is 5.10 Å². The van der Waals surface area contributed by atoms with Crippen LogP contribution in [0.2, 0.25) is 0 Å². The first-order valence-electron chi connectivity index (χ1n) is 10.7. The summed E-state index contributed by atoms with van der Waals surface area (Å²) >= 11 is 7.11. The number of aromatic nitrogens is 3. The molecule has 0 saturated carbocycles. The lowest BCUT2D eigenvalue weighted by molar-refractivity contribution is 0.171. The summed E-state index contributed by atoms with van der Waals surface area (Å²) in [5, 5.41) is 11.2. The molecule has 1 fully saturated rings. The minimum absolute atomic E-state index is 0.0523. The molecule has 1 saturated heterocycles. The number of nitrogens with one attached hydrogen (secondary N) is 1. The van der Waals surface area contributed by atoms with Crippen LogP contribution in [0.5, 0.6) is 0 Å². The van der Waals surface area contributed by atoms with Crippen molar-refractivity contribution in [1.29, 1.82) is 0 Å². The van der Waals surface area contributed by atoms with Crippen molar-refractivity contribution < 1.29 is 9.18 Å². The van der Waals surface area contributed by atoms with Crippen LogP contribution in [0.1, 0.15) is 16.8 Å². The number of urea groups is 1. The predicted molar refractivity (Wildman–Crippen MR) is 131 cm³/mol. The molecule has 0 spiro atoms. The summed E-state index contributed by atoms with van der Waals surface area (Å²) in [7, 11) is 0. The van der Waals surface area contributed by atoms with Crippen molar-refractivity contribution in [2.24, 2.45) is 0 Å². The van der Waals surface area contributed by atoms with Gasteiger partial charge in [0.2, 0.25) is 0 Å². The first-order chi connectivity index (χ1) is 16.1. The Morgan fingerprint density at radius 3 is 2.48 bits per heavy atom. The van der Waals surface area contributed by atoms with Gasteiger partial charge < -0.3 is 15.1 Å². The summed E-state index contributed by atoms with van der Waals surface area (Å²) in [4.78, 5) is 16.4. The maximum absolute atomic E-state index is 13.8. The summed E-state index contributed by atoms with van der Waals surface area (Å²) in [6, 6.07) is 16.5. The van der Waals surface area contributed by atoms with Gasteiger partial charge in [0.1, 0.15) is 10.1 Å². The maximum Gasteiger partial charge on any atom is 0.317 e. The predicted octanol–water partition coefficient (Wildman–Crippen LogP) is 3.51. The van der Waals surface area contributed by atoms with Crippen molar-refractivity contribution in [1.82, 2.24) is 30.1 Å². The van der Waals surface area contributed by atoms with Crippen LogP contribution in [0.3, 0.4) is 0 Å². The van der Waals surface area contributed by atoms with Gasteiger partial charge in [-0.25, -0.2) is 13.9 Å². The molecule has 172 valence electrons. The number of rotatable bonds is 6. The summed E-state index contributed by atoms with van der Waals surface area (Å²) in [6.07, 6.45) is 1.82. The molecule has 4 rings (SSSR count). The SMILES string of the molecule is O=C(NCc1ccccc1)N1CCN(C(=S)SCc2cn(Cc3ccccc3F)nn2)CC1. The summed E-state index contributed by atoms with van der Waals surface area (Å²) < 4.78 is 16.2. The lowest BCUT2D eigenvalue weighted by Gasteiger charge is -2.35. The van der Waals surface area contributed by atoms with Crippen LogP contribution >= 0.6 is 24.0 Å². The first kappa shape index (κ1) is 23.2. The molecule has 7 nitrogen and oxygen atoms in total. The Morgan fingerprint density at radius 2 is 1.73 bits per heavy atom. The monoisotopic (exact) mass is 484 g/mol. The van der Waals surface area contributed by atoms with Gasteiger partial charge >= 0.3 is 6.03 Å². The van der Waals surface area contributed by atoms with Gasteiger partial charge in [0.05, 0.1) is 12.2 Å². The second kappa shape index (κ2) is 11.2. The number of piperazine rings is 1. The van der Waals surface area contributed by atoms with Gasteiger partial charge in [0, 0.05) is 50.2 Å². The second-order valence-electron chi connectivity index (χ2n) is 7.67. The van der Waals surface area contributed by atoms with Crippen LogP contribution in [-0.2, 0) is 18.8 Å². The van der Waals surface area contributed by atoms with E-state index in [0.29, 0.717) is 50.6 Å². The van der Waals surface area contributed by atoms with Gasteiger partial charge in [-0.2, -0.15) is 0 Å². The molecule has 2 amide bonds. The van der Waals surface area contributed by atoms with Crippen LogP contribution in [0.4, 0.5) is 9.18 Å². The number of halogens is 1. The third-order valence-corrected chi connectivity index (χ3v) is 6.89. The number of thiocarbonyl (C=S) groups is 1. The fourth-order valence-electron chi connectivity index (χ4n) is 3.49. The number of benzene rings is 2. The standard InChI is InChI=1S/C23H25FN6OS2/c24-21-9-5-4-8-19(21)15-30-16-20(26-27-30)17-33-23(32)29-12-10-28(11-13-29)22(31)25-14-18-6-2-1-3-7-18/h1-9,16H,10-15,17H2,(H,25,31). The number of nitrogens with zero attached hydrogens (tertiary/aromatic N) is 5. The van der Waals surface area contributed by atoms with E-state index in [-0.39, 0.29) is 11.8 Å². The second-order valence-corrected chi connectivity index (χ2v) is 9.28. The molecule has 1 aliphatic rings. The maximum atomic E-state index is 13.8. The topological polar surface area (TPSA) is 66.3 Å². The van der Waals surface area contributed by atoms with Crippen molar-refractivity contribution in [3.8, 4) is 0 Å². The fraction of sp³-hybridized carbons (Fsp3) is 0.304. The number of thioether (sulfide) groups is 1. The summed E-state index contributed by atoms with van der Waals surface area (Å²) in [6.45, 7) is 3.50. The third kappa shape index (κ3) is 6.52. The Labute approximate surface area is 201 Å². The zero-order valence-electron chi connectivity index (χ0n) is 18.1. The van der Waals surface area contributed by atoms with E-state index < -0.39 is 0 Å². The Hall–Kier alpha value is -2.98. The highest BCUT2D eigenvalue weighted by atomic mass is 32.2. The average molecular weight is 485 g/mol. The van der Waals surface area contributed by atoms with E-state index in [1.54, 1.807) is 22.9 Å². The van der Waals surface area contributed by atoms with Crippen molar-refractivity contribution in [2.75, 3.05) is 26.2 Å². The molecule has 0 aliphatic carbocycles. The molecule has 3 aromatic rings. The van der Waals surface area contributed by atoms with Crippen LogP contribution in [0.25, 0.3) is 0 Å². The molecular formula is C23H25FN6OS2. The molecule has 2 aromatic carbocycles. The van der Waals surface area contributed by atoms with Crippen LogP contribution in [-0.4, -0.2) is 61.3 Å². The van der Waals surface area contributed by atoms with E-state index in [0.717, 1.165) is 15.6 Å². The normalized spacial score (nSPS) is 13.7. The average Bonchev–Trinajstić information content (AvgIpc) is 3.30. The van der Waals surface area contributed by atoms with Crippen molar-refractivity contribution >= 4 is 34.3 Å². The van der Waals surface area contributed by atoms with Gasteiger partial charge in [-0.05, 0) is 11.6 Å². The molecule has 0 radical (unpaired) electrons. The Morgan fingerprint density at radius 1 is 1.03 bits per heavy atom. The highest BCUT2D eigenvalue weighted by Gasteiger charge is 2.22. The van der Waals surface area contributed by atoms with Crippen LogP contribution in [0, 0.1) is 5.82 Å². The Balaban J connectivity index is 1.18. The van der Waals surface area contributed by atoms with E-state index in [9.17, 15) is 9.18 Å². The van der Waals surface area contributed by atoms with E-state index in [4.69, 9.17) is 12.2 Å². The first-order valence-corrected chi connectivity index (χ1v) is 12.1. The van der Waals surface area contributed by atoms with E-state index in [1.165, 1.54) is 17.8 Å². The lowest BCUT2D eigenvalue weighted by Crippen LogP contribution is -2.52. The number of hydrogen-bond acceptors (Lipinski definition) is 5. The smallest absolute Gasteiger partial charge is 0.317 e.